The fourth-order valence-electron chi connectivity index (χ4n) is 2.77. The van der Waals surface area contributed by atoms with Crippen LogP contribution >= 0.6 is 0 Å². The van der Waals surface area contributed by atoms with E-state index in [2.05, 4.69) is 66.9 Å². The molecule has 0 radical (unpaired) electrons. The highest BCUT2D eigenvalue weighted by Gasteiger charge is 2.07. The average molecular weight is 392 g/mol. The van der Waals surface area contributed by atoms with Gasteiger partial charge in [0.2, 0.25) is 0 Å². The molecule has 0 aliphatic rings. The van der Waals surface area contributed by atoms with E-state index in [1.165, 1.54) is 5.56 Å². The second-order valence-electron chi connectivity index (χ2n) is 8.06. The molecule has 3 aromatic rings. The zero-order chi connectivity index (χ0) is 21.1. The van der Waals surface area contributed by atoms with Gasteiger partial charge in [-0.25, -0.2) is 4.98 Å². The van der Waals surface area contributed by atoms with Crippen molar-refractivity contribution in [3.8, 4) is 17.0 Å². The molecule has 1 aromatic heterocycles. The molecule has 0 fully saturated rings. The number of imidazole rings is 1. The minimum atomic E-state index is 0.432. The van der Waals surface area contributed by atoms with E-state index < -0.39 is 0 Å². The summed E-state index contributed by atoms with van der Waals surface area (Å²) < 4.78 is 5.96. The number of nitrogens with one attached hydrogen (secondary N) is 2. The first kappa shape index (κ1) is 22.3. The van der Waals surface area contributed by atoms with Gasteiger partial charge in [0.05, 0.1) is 24.8 Å². The molecule has 29 heavy (non-hydrogen) atoms. The molecule has 2 aromatic carbocycles. The first-order valence-electron chi connectivity index (χ1n) is 10.0. The van der Waals surface area contributed by atoms with Crippen LogP contribution in [-0.4, -0.2) is 23.6 Å². The van der Waals surface area contributed by atoms with Gasteiger partial charge in [0.1, 0.15) is 5.75 Å². The Hall–Kier alpha value is -3.01. The van der Waals surface area contributed by atoms with Gasteiger partial charge < -0.3 is 15.0 Å². The molecule has 0 saturated heterocycles. The average Bonchev–Trinajstić information content (AvgIpc) is 3.23. The molecule has 0 aliphatic carbocycles. The molecule has 154 valence electrons. The minimum absolute atomic E-state index is 0.432. The van der Waals surface area contributed by atoms with Crippen LogP contribution in [0.2, 0.25) is 0 Å². The van der Waals surface area contributed by atoms with Gasteiger partial charge in [-0.2, -0.15) is 0 Å². The Labute approximate surface area is 175 Å². The Bertz CT molecular complexity index is 847. The van der Waals surface area contributed by atoms with E-state index in [0.29, 0.717) is 12.0 Å². The van der Waals surface area contributed by atoms with Gasteiger partial charge in [0, 0.05) is 24.7 Å². The van der Waals surface area contributed by atoms with Crippen molar-refractivity contribution in [3.63, 3.8) is 0 Å². The van der Waals surface area contributed by atoms with Gasteiger partial charge in [-0.05, 0) is 41.7 Å². The van der Waals surface area contributed by atoms with Gasteiger partial charge in [0.25, 0.3) is 0 Å². The highest BCUT2D eigenvalue weighted by Crippen LogP contribution is 2.28. The van der Waals surface area contributed by atoms with Crippen LogP contribution in [0, 0.1) is 5.41 Å². The third-order valence-electron chi connectivity index (χ3n) is 4.32. The lowest BCUT2D eigenvalue weighted by molar-refractivity contribution is 0.323. The predicted molar refractivity (Wildman–Crippen MR) is 123 cm³/mol. The van der Waals surface area contributed by atoms with E-state index in [9.17, 15) is 0 Å². The van der Waals surface area contributed by atoms with Crippen LogP contribution < -0.4 is 10.1 Å². The van der Waals surface area contributed by atoms with Crippen LogP contribution in [0.5, 0.6) is 5.75 Å². The SMILES string of the molecule is C=CCC(C)(C)C.CNc1ccc(CCOc2ccccc2-c2cnc[nH]2)cc1. The number of aromatic nitrogens is 2. The van der Waals surface area contributed by atoms with E-state index in [1.807, 2.05) is 37.4 Å². The molecule has 0 unspecified atom stereocenters. The number of anilines is 1. The lowest BCUT2D eigenvalue weighted by atomic mass is 9.93. The zero-order valence-electron chi connectivity index (χ0n) is 18.0. The minimum Gasteiger partial charge on any atom is -0.493 e. The number of hydrogen-bond donors (Lipinski definition) is 2. The van der Waals surface area contributed by atoms with Crippen molar-refractivity contribution in [2.24, 2.45) is 5.41 Å². The van der Waals surface area contributed by atoms with Crippen LogP contribution in [0.4, 0.5) is 5.69 Å². The molecular weight excluding hydrogens is 358 g/mol. The molecule has 0 spiro atoms. The number of allylic oxidation sites excluding steroid dienone is 1. The monoisotopic (exact) mass is 391 g/mol. The summed E-state index contributed by atoms with van der Waals surface area (Å²) >= 11 is 0. The molecule has 0 aliphatic heterocycles. The van der Waals surface area contributed by atoms with Gasteiger partial charge in [0.15, 0.2) is 0 Å². The summed E-state index contributed by atoms with van der Waals surface area (Å²) in [4.78, 5) is 7.18. The predicted octanol–water partition coefficient (Wildman–Crippen LogP) is 6.35. The molecule has 0 atom stereocenters. The fraction of sp³-hybridized carbons (Fsp3) is 0.320. The normalized spacial score (nSPS) is 10.6. The van der Waals surface area contributed by atoms with Crippen LogP contribution in [0.25, 0.3) is 11.3 Å². The fourth-order valence-corrected chi connectivity index (χ4v) is 2.77. The topological polar surface area (TPSA) is 49.9 Å². The van der Waals surface area contributed by atoms with Crippen LogP contribution in [0.1, 0.15) is 32.8 Å². The second kappa shape index (κ2) is 11.1. The van der Waals surface area contributed by atoms with Gasteiger partial charge in [-0.15, -0.1) is 6.58 Å². The summed E-state index contributed by atoms with van der Waals surface area (Å²) in [7, 11) is 1.92. The molecule has 3 rings (SSSR count). The number of aromatic amines is 1. The van der Waals surface area contributed by atoms with Gasteiger partial charge in [-0.3, -0.25) is 0 Å². The highest BCUT2D eigenvalue weighted by atomic mass is 16.5. The number of benzene rings is 2. The standard InChI is InChI=1S/C18H19N3O.C7H14/c1-19-15-8-6-14(7-9-15)10-11-22-18-5-3-2-4-16(18)17-12-20-13-21-17;1-5-6-7(2,3)4/h2-9,12-13,19H,10-11H2,1H3,(H,20,21);5H,1,6H2,2-4H3. The maximum Gasteiger partial charge on any atom is 0.128 e. The summed E-state index contributed by atoms with van der Waals surface area (Å²) in [5, 5.41) is 3.12. The van der Waals surface area contributed by atoms with E-state index in [-0.39, 0.29) is 0 Å². The Morgan fingerprint density at radius 3 is 2.38 bits per heavy atom. The number of ether oxygens (including phenoxy) is 1. The molecule has 4 heteroatoms. The molecule has 0 saturated carbocycles. The van der Waals surface area contributed by atoms with E-state index in [1.54, 1.807) is 12.5 Å². The largest absolute Gasteiger partial charge is 0.493 e. The van der Waals surface area contributed by atoms with Crippen molar-refractivity contribution in [2.45, 2.75) is 33.6 Å². The Morgan fingerprint density at radius 2 is 1.83 bits per heavy atom. The summed E-state index contributed by atoms with van der Waals surface area (Å²) in [5.74, 6) is 0.874. The van der Waals surface area contributed by atoms with Crippen molar-refractivity contribution < 1.29 is 4.74 Å². The van der Waals surface area contributed by atoms with E-state index in [4.69, 9.17) is 4.74 Å². The van der Waals surface area contributed by atoms with Gasteiger partial charge >= 0.3 is 0 Å². The number of para-hydroxylation sites is 1. The number of hydrogen-bond acceptors (Lipinski definition) is 3. The molecule has 0 amide bonds. The van der Waals surface area contributed by atoms with E-state index in [0.717, 1.165) is 35.5 Å². The molecular formula is C25H33N3O. The van der Waals surface area contributed by atoms with Crippen LogP contribution in [0.3, 0.4) is 0 Å². The van der Waals surface area contributed by atoms with Crippen molar-refractivity contribution >= 4 is 5.69 Å². The van der Waals surface area contributed by atoms with Crippen molar-refractivity contribution in [2.75, 3.05) is 19.0 Å². The summed E-state index contributed by atoms with van der Waals surface area (Å²) in [6.07, 6.45) is 7.42. The van der Waals surface area contributed by atoms with Crippen LogP contribution in [-0.2, 0) is 6.42 Å². The van der Waals surface area contributed by atoms with E-state index >= 15 is 0 Å². The molecule has 4 nitrogen and oxygen atoms in total. The van der Waals surface area contributed by atoms with Crippen molar-refractivity contribution in [1.82, 2.24) is 9.97 Å². The lowest BCUT2D eigenvalue weighted by Gasteiger charge is -2.13. The lowest BCUT2D eigenvalue weighted by Crippen LogP contribution is -2.02. The summed E-state index contributed by atoms with van der Waals surface area (Å²) in [6.45, 7) is 10.9. The molecule has 1 heterocycles. The number of nitrogens with zero attached hydrogens (tertiary/aromatic N) is 1. The molecule has 0 bridgehead atoms. The van der Waals surface area contributed by atoms with Gasteiger partial charge in [-0.1, -0.05) is 51.1 Å². The zero-order valence-corrected chi connectivity index (χ0v) is 18.0. The second-order valence-corrected chi connectivity index (χ2v) is 8.06. The number of rotatable bonds is 7. The first-order valence-corrected chi connectivity index (χ1v) is 10.0. The smallest absolute Gasteiger partial charge is 0.128 e. The third kappa shape index (κ3) is 7.86. The third-order valence-corrected chi connectivity index (χ3v) is 4.32. The van der Waals surface area contributed by atoms with Crippen molar-refractivity contribution in [3.05, 3.63) is 79.3 Å². The number of H-pyrrole nitrogens is 1. The quantitative estimate of drug-likeness (QED) is 0.461. The van der Waals surface area contributed by atoms with Crippen molar-refractivity contribution in [1.29, 1.82) is 0 Å². The summed E-state index contributed by atoms with van der Waals surface area (Å²) in [6, 6.07) is 16.4. The van der Waals surface area contributed by atoms with Crippen LogP contribution in [0.15, 0.2) is 73.7 Å². The highest BCUT2D eigenvalue weighted by molar-refractivity contribution is 5.66. The maximum absolute atomic E-state index is 5.96. The Morgan fingerprint density at radius 1 is 1.10 bits per heavy atom. The summed E-state index contributed by atoms with van der Waals surface area (Å²) in [5.41, 5.74) is 4.81. The molecule has 2 N–H and O–H groups in total. The first-order chi connectivity index (χ1) is 13.9. The maximum atomic E-state index is 5.96. The Kier molecular flexibility index (Phi) is 8.53. The Balaban J connectivity index is 0.000000370.